The average molecular weight is 459 g/mol. The van der Waals surface area contributed by atoms with Gasteiger partial charge in [-0.15, -0.1) is 0 Å². The first-order valence-electron chi connectivity index (χ1n) is 14.0. The van der Waals surface area contributed by atoms with Crippen LogP contribution in [0.1, 0.15) is 113 Å². The Kier molecular flexibility index (Phi) is 5.22. The van der Waals surface area contributed by atoms with Gasteiger partial charge in [0.2, 0.25) is 0 Å². The number of hydrogen-bond donors (Lipinski definition) is 2. The van der Waals surface area contributed by atoms with Gasteiger partial charge in [-0.3, -0.25) is 4.79 Å². The first kappa shape index (κ1) is 24.3. The average Bonchev–Trinajstić information content (AvgIpc) is 2.73. The summed E-state index contributed by atoms with van der Waals surface area (Å²) in [5.41, 5.74) is 0.186. The van der Waals surface area contributed by atoms with Gasteiger partial charge in [-0.05, 0) is 103 Å². The van der Waals surface area contributed by atoms with Crippen molar-refractivity contribution < 1.29 is 15.0 Å². The lowest BCUT2D eigenvalue weighted by Gasteiger charge is -2.76. The predicted octanol–water partition coefficient (Wildman–Crippen LogP) is 6.40. The lowest BCUT2D eigenvalue weighted by Crippen LogP contribution is -2.73. The molecule has 0 aromatic carbocycles. The molecule has 3 nitrogen and oxygen atoms in total. The summed E-state index contributed by atoms with van der Waals surface area (Å²) in [6.45, 7) is 16.9. The van der Waals surface area contributed by atoms with Crippen LogP contribution < -0.4 is 0 Å². The van der Waals surface area contributed by atoms with Crippen molar-refractivity contribution in [3.05, 3.63) is 0 Å². The fourth-order valence-electron chi connectivity index (χ4n) is 11.4. The Morgan fingerprint density at radius 1 is 0.818 bits per heavy atom. The third-order valence-electron chi connectivity index (χ3n) is 13.6. The molecule has 0 aromatic rings. The Morgan fingerprint density at radius 2 is 1.52 bits per heavy atom. The van der Waals surface area contributed by atoms with Gasteiger partial charge in [0, 0.05) is 17.8 Å². The molecule has 33 heavy (non-hydrogen) atoms. The monoisotopic (exact) mass is 458 g/mol. The molecule has 0 amide bonds. The van der Waals surface area contributed by atoms with Crippen molar-refractivity contribution in [2.24, 2.45) is 56.2 Å². The Morgan fingerprint density at radius 3 is 2.18 bits per heavy atom. The third kappa shape index (κ3) is 2.85. The SMILES string of the molecule is C[C@H]1C(=O)CC[C@H]2[C@]3(C)CC[C@@]4(C)[C@@H]5CC(C)(C)CC[C@]5(C)C[C@H](O)[C@]4(CO)[C@@H]3CC[C@@]21C. The van der Waals surface area contributed by atoms with E-state index in [1.54, 1.807) is 0 Å². The molecule has 5 saturated carbocycles. The molecule has 5 fully saturated rings. The molecule has 0 saturated heterocycles. The molecule has 5 aliphatic carbocycles. The molecule has 0 heterocycles. The van der Waals surface area contributed by atoms with Crippen molar-refractivity contribution in [1.29, 1.82) is 0 Å². The van der Waals surface area contributed by atoms with Crippen LogP contribution in [-0.4, -0.2) is 28.7 Å². The molecule has 0 spiro atoms. The quantitative estimate of drug-likeness (QED) is 0.478. The number of ketones is 1. The van der Waals surface area contributed by atoms with Crippen LogP contribution in [0.5, 0.6) is 0 Å². The number of carbonyl (C=O) groups excluding carboxylic acids is 1. The minimum Gasteiger partial charge on any atom is -0.396 e. The van der Waals surface area contributed by atoms with Crippen LogP contribution in [0.15, 0.2) is 0 Å². The molecule has 0 radical (unpaired) electrons. The molecule has 2 N–H and O–H groups in total. The van der Waals surface area contributed by atoms with Gasteiger partial charge < -0.3 is 10.2 Å². The third-order valence-corrected chi connectivity index (χ3v) is 13.6. The van der Waals surface area contributed by atoms with Crippen LogP contribution in [0.3, 0.4) is 0 Å². The minimum absolute atomic E-state index is 0.0418. The van der Waals surface area contributed by atoms with E-state index >= 15 is 0 Å². The zero-order chi connectivity index (χ0) is 24.2. The Balaban J connectivity index is 1.62. The molecule has 5 aliphatic rings. The second kappa shape index (κ2) is 7.09. The maximum atomic E-state index is 12.7. The van der Waals surface area contributed by atoms with Crippen molar-refractivity contribution in [2.45, 2.75) is 119 Å². The highest BCUT2D eigenvalue weighted by molar-refractivity contribution is 5.82. The summed E-state index contributed by atoms with van der Waals surface area (Å²) in [5, 5.41) is 23.4. The van der Waals surface area contributed by atoms with Gasteiger partial charge in [0.1, 0.15) is 5.78 Å². The van der Waals surface area contributed by atoms with Crippen molar-refractivity contribution in [3.63, 3.8) is 0 Å². The molecule has 188 valence electrons. The lowest BCUT2D eigenvalue weighted by molar-refractivity contribution is -0.307. The number of rotatable bonds is 1. The van der Waals surface area contributed by atoms with Gasteiger partial charge in [-0.1, -0.05) is 48.5 Å². The minimum atomic E-state index is -0.438. The lowest BCUT2D eigenvalue weighted by atomic mass is 9.29. The molecular weight excluding hydrogens is 408 g/mol. The van der Waals surface area contributed by atoms with Crippen molar-refractivity contribution in [1.82, 2.24) is 0 Å². The van der Waals surface area contributed by atoms with E-state index in [1.807, 2.05) is 0 Å². The van der Waals surface area contributed by atoms with Crippen LogP contribution in [0.4, 0.5) is 0 Å². The first-order chi connectivity index (χ1) is 15.2. The Hall–Kier alpha value is -0.410. The standard InChI is InChI=1S/C30H50O3/c1-19-20(32)8-9-21-27(19,5)11-10-22-28(21,6)14-15-29(7)23-16-25(2,3)12-13-26(23,4)17-24(33)30(22,29)18-31/h19,21-24,31,33H,8-18H2,1-7H3/t19-,21+,22+,23+,24-,26+,27+,28-,29-,30-/m0/s1. The van der Waals surface area contributed by atoms with E-state index in [9.17, 15) is 15.0 Å². The molecular formula is C30H50O3. The number of fused-ring (bicyclic) bond motifs is 7. The molecule has 5 rings (SSSR count). The summed E-state index contributed by atoms with van der Waals surface area (Å²) in [7, 11) is 0. The second-order valence-electron chi connectivity index (χ2n) is 15.3. The summed E-state index contributed by atoms with van der Waals surface area (Å²) >= 11 is 0. The van der Waals surface area contributed by atoms with Crippen LogP contribution in [0.2, 0.25) is 0 Å². The first-order valence-corrected chi connectivity index (χ1v) is 14.0. The smallest absolute Gasteiger partial charge is 0.136 e. The predicted molar refractivity (Wildman–Crippen MR) is 133 cm³/mol. The molecule has 3 heteroatoms. The highest BCUT2D eigenvalue weighted by Gasteiger charge is 2.74. The summed E-state index contributed by atoms with van der Waals surface area (Å²) in [6.07, 6.45) is 10.1. The summed E-state index contributed by atoms with van der Waals surface area (Å²) in [5.74, 6) is 1.97. The van der Waals surface area contributed by atoms with Gasteiger partial charge in [0.15, 0.2) is 0 Å². The second-order valence-corrected chi connectivity index (χ2v) is 15.3. The number of hydrogen-bond acceptors (Lipinski definition) is 3. The molecule has 0 unspecified atom stereocenters. The normalized spacial score (nSPS) is 58.0. The number of aliphatic hydroxyl groups excluding tert-OH is 2. The fourth-order valence-corrected chi connectivity index (χ4v) is 11.4. The summed E-state index contributed by atoms with van der Waals surface area (Å²) in [6, 6.07) is 0. The van der Waals surface area contributed by atoms with Crippen LogP contribution in [0, 0.1) is 56.2 Å². The maximum Gasteiger partial charge on any atom is 0.136 e. The van der Waals surface area contributed by atoms with Crippen LogP contribution in [-0.2, 0) is 4.79 Å². The van der Waals surface area contributed by atoms with Crippen LogP contribution in [0.25, 0.3) is 0 Å². The van der Waals surface area contributed by atoms with Crippen LogP contribution >= 0.6 is 0 Å². The number of aliphatic hydroxyl groups is 2. The molecule has 10 atom stereocenters. The van der Waals surface area contributed by atoms with Gasteiger partial charge in [-0.2, -0.15) is 0 Å². The van der Waals surface area contributed by atoms with E-state index in [-0.39, 0.29) is 34.2 Å². The summed E-state index contributed by atoms with van der Waals surface area (Å²) < 4.78 is 0. The van der Waals surface area contributed by atoms with E-state index in [4.69, 9.17) is 0 Å². The Labute approximate surface area is 202 Å². The van der Waals surface area contributed by atoms with Gasteiger partial charge in [0.25, 0.3) is 0 Å². The van der Waals surface area contributed by atoms with Gasteiger partial charge in [0.05, 0.1) is 12.7 Å². The van der Waals surface area contributed by atoms with Crippen molar-refractivity contribution >= 4 is 5.78 Å². The van der Waals surface area contributed by atoms with E-state index in [0.29, 0.717) is 35.4 Å². The van der Waals surface area contributed by atoms with E-state index < -0.39 is 11.5 Å². The zero-order valence-corrected chi connectivity index (χ0v) is 22.5. The molecule has 0 bridgehead atoms. The molecule has 0 aromatic heterocycles. The Bertz CT molecular complexity index is 834. The number of Topliss-reactive ketones (excluding diaryl/α,β-unsaturated/α-hetero) is 1. The van der Waals surface area contributed by atoms with Gasteiger partial charge in [-0.25, -0.2) is 0 Å². The zero-order valence-electron chi connectivity index (χ0n) is 22.5. The topological polar surface area (TPSA) is 57.5 Å². The molecule has 0 aliphatic heterocycles. The maximum absolute atomic E-state index is 12.7. The van der Waals surface area contributed by atoms with Crippen molar-refractivity contribution in [3.8, 4) is 0 Å². The number of carbonyl (C=O) groups is 1. The summed E-state index contributed by atoms with van der Waals surface area (Å²) in [4.78, 5) is 12.7. The van der Waals surface area contributed by atoms with Gasteiger partial charge >= 0.3 is 0 Å². The van der Waals surface area contributed by atoms with Crippen molar-refractivity contribution in [2.75, 3.05) is 6.61 Å². The fraction of sp³-hybridized carbons (Fsp3) is 0.967. The van der Waals surface area contributed by atoms with E-state index in [1.165, 1.54) is 25.7 Å². The highest BCUT2D eigenvalue weighted by Crippen LogP contribution is 2.78. The largest absolute Gasteiger partial charge is 0.396 e. The highest BCUT2D eigenvalue weighted by atomic mass is 16.3. The van der Waals surface area contributed by atoms with E-state index in [0.717, 1.165) is 32.1 Å². The van der Waals surface area contributed by atoms with E-state index in [2.05, 4.69) is 48.5 Å².